The third-order valence-electron chi connectivity index (χ3n) is 6.54. The van der Waals surface area contributed by atoms with Gasteiger partial charge < -0.3 is 4.90 Å². The fraction of sp³-hybridized carbons (Fsp3) is 0.296. The Hall–Kier alpha value is -3.00. The number of carbonyl (C=O) groups is 1. The Bertz CT molecular complexity index is 1270. The Kier molecular flexibility index (Phi) is 7.16. The number of rotatable bonds is 6. The molecule has 1 aliphatic heterocycles. The van der Waals surface area contributed by atoms with Crippen molar-refractivity contribution in [3.05, 3.63) is 95.1 Å². The molecule has 3 aromatic rings. The summed E-state index contributed by atoms with van der Waals surface area (Å²) in [5.41, 5.74) is 4.51. The van der Waals surface area contributed by atoms with Gasteiger partial charge in [-0.1, -0.05) is 48.5 Å². The number of piperazine rings is 1. The molecule has 7 heteroatoms. The van der Waals surface area contributed by atoms with Crippen LogP contribution in [0.25, 0.3) is 0 Å². The van der Waals surface area contributed by atoms with Crippen molar-refractivity contribution in [1.29, 1.82) is 0 Å². The molecular formula is C27H31N3O3S. The number of anilines is 1. The number of amides is 1. The van der Waals surface area contributed by atoms with Crippen LogP contribution in [-0.2, 0) is 16.6 Å². The molecule has 0 saturated carbocycles. The lowest BCUT2D eigenvalue weighted by molar-refractivity contribution is 0.0992. The van der Waals surface area contributed by atoms with Gasteiger partial charge in [0, 0.05) is 51.0 Å². The summed E-state index contributed by atoms with van der Waals surface area (Å²) in [7, 11) is -1.96. The van der Waals surface area contributed by atoms with Crippen LogP contribution in [0, 0.1) is 13.8 Å². The van der Waals surface area contributed by atoms with Gasteiger partial charge in [0.2, 0.25) is 10.0 Å². The van der Waals surface area contributed by atoms with Crippen LogP contribution in [0.15, 0.2) is 77.7 Å². The maximum Gasteiger partial charge on any atom is 0.258 e. The third kappa shape index (κ3) is 5.06. The van der Waals surface area contributed by atoms with Crippen LogP contribution >= 0.6 is 0 Å². The first kappa shape index (κ1) is 24.1. The minimum absolute atomic E-state index is 0.157. The van der Waals surface area contributed by atoms with Crippen molar-refractivity contribution in [2.45, 2.75) is 25.3 Å². The monoisotopic (exact) mass is 477 g/mol. The van der Waals surface area contributed by atoms with Gasteiger partial charge in [-0.25, -0.2) is 8.42 Å². The van der Waals surface area contributed by atoms with Crippen molar-refractivity contribution in [1.82, 2.24) is 9.21 Å². The zero-order valence-electron chi connectivity index (χ0n) is 19.9. The van der Waals surface area contributed by atoms with Crippen LogP contribution in [0.1, 0.15) is 27.0 Å². The fourth-order valence-corrected chi connectivity index (χ4v) is 5.78. The maximum absolute atomic E-state index is 13.3. The van der Waals surface area contributed by atoms with Crippen LogP contribution in [0.4, 0.5) is 5.69 Å². The summed E-state index contributed by atoms with van der Waals surface area (Å²) in [6, 6.07) is 22.4. The van der Waals surface area contributed by atoms with Gasteiger partial charge in [-0.15, -0.1) is 0 Å². The number of sulfonamides is 1. The van der Waals surface area contributed by atoms with Gasteiger partial charge in [0.15, 0.2) is 0 Å². The summed E-state index contributed by atoms with van der Waals surface area (Å²) in [6.07, 6.45) is 0. The van der Waals surface area contributed by atoms with E-state index in [4.69, 9.17) is 0 Å². The fourth-order valence-electron chi connectivity index (χ4n) is 4.31. The van der Waals surface area contributed by atoms with Gasteiger partial charge in [-0.05, 0) is 54.8 Å². The standard InChI is InChI=1S/C27H31N3O3S/c1-21-9-7-14-26(22(21)2)28(3)27(31)24-12-8-13-25(19-24)34(32,33)30-17-15-29(16-18-30)20-23-10-5-4-6-11-23/h4-14,19H,15-18,20H2,1-3H3. The lowest BCUT2D eigenvalue weighted by Crippen LogP contribution is -2.48. The first-order valence-electron chi connectivity index (χ1n) is 11.5. The molecule has 3 aromatic carbocycles. The largest absolute Gasteiger partial charge is 0.311 e. The molecule has 1 fully saturated rings. The molecule has 1 saturated heterocycles. The van der Waals surface area contributed by atoms with Gasteiger partial charge in [-0.3, -0.25) is 9.69 Å². The summed E-state index contributed by atoms with van der Waals surface area (Å²) in [5, 5.41) is 0. The minimum atomic E-state index is -3.68. The van der Waals surface area contributed by atoms with Crippen LogP contribution in [0.2, 0.25) is 0 Å². The molecule has 1 heterocycles. The summed E-state index contributed by atoms with van der Waals surface area (Å²) < 4.78 is 28.2. The van der Waals surface area contributed by atoms with Crippen molar-refractivity contribution in [3.8, 4) is 0 Å². The minimum Gasteiger partial charge on any atom is -0.311 e. The van der Waals surface area contributed by atoms with Crippen molar-refractivity contribution in [2.24, 2.45) is 0 Å². The van der Waals surface area contributed by atoms with Gasteiger partial charge in [-0.2, -0.15) is 4.31 Å². The van der Waals surface area contributed by atoms with E-state index in [1.54, 1.807) is 30.1 Å². The van der Waals surface area contributed by atoms with E-state index in [0.717, 1.165) is 23.4 Å². The Balaban J connectivity index is 1.47. The zero-order valence-corrected chi connectivity index (χ0v) is 20.8. The number of benzene rings is 3. The molecule has 0 spiro atoms. The lowest BCUT2D eigenvalue weighted by Gasteiger charge is -2.34. The van der Waals surface area contributed by atoms with Crippen LogP contribution in [0.3, 0.4) is 0 Å². The molecule has 1 aliphatic rings. The van der Waals surface area contributed by atoms with E-state index in [-0.39, 0.29) is 10.8 Å². The maximum atomic E-state index is 13.3. The predicted octanol–water partition coefficient (Wildman–Crippen LogP) is 4.09. The highest BCUT2D eigenvalue weighted by molar-refractivity contribution is 7.89. The summed E-state index contributed by atoms with van der Waals surface area (Å²) in [4.78, 5) is 17.2. The third-order valence-corrected chi connectivity index (χ3v) is 8.44. The second-order valence-electron chi connectivity index (χ2n) is 8.78. The van der Waals surface area contributed by atoms with Gasteiger partial charge in [0.05, 0.1) is 4.90 Å². The summed E-state index contributed by atoms with van der Waals surface area (Å²) in [5.74, 6) is -0.238. The second kappa shape index (κ2) is 10.1. The molecule has 0 aromatic heterocycles. The average Bonchev–Trinajstić information content (AvgIpc) is 2.86. The first-order valence-corrected chi connectivity index (χ1v) is 12.9. The summed E-state index contributed by atoms with van der Waals surface area (Å²) >= 11 is 0. The molecule has 0 N–H and O–H groups in total. The van der Waals surface area contributed by atoms with E-state index >= 15 is 0 Å². The summed E-state index contributed by atoms with van der Waals surface area (Å²) in [6.45, 7) is 6.98. The number of carbonyl (C=O) groups excluding carboxylic acids is 1. The smallest absolute Gasteiger partial charge is 0.258 e. The highest BCUT2D eigenvalue weighted by atomic mass is 32.2. The molecule has 6 nitrogen and oxygen atoms in total. The van der Waals surface area contributed by atoms with Gasteiger partial charge in [0.1, 0.15) is 0 Å². The Morgan fingerprint density at radius 1 is 0.882 bits per heavy atom. The first-order chi connectivity index (χ1) is 16.3. The molecular weight excluding hydrogens is 446 g/mol. The molecule has 0 aliphatic carbocycles. The Morgan fingerprint density at radius 2 is 1.56 bits per heavy atom. The van der Waals surface area contributed by atoms with Gasteiger partial charge >= 0.3 is 0 Å². The normalized spacial score (nSPS) is 15.3. The molecule has 0 bridgehead atoms. The van der Waals surface area contributed by atoms with Gasteiger partial charge in [0.25, 0.3) is 5.91 Å². The Labute approximate surface area is 202 Å². The zero-order chi connectivity index (χ0) is 24.3. The molecule has 0 radical (unpaired) electrons. The van der Waals surface area contributed by atoms with E-state index in [1.807, 2.05) is 50.2 Å². The number of hydrogen-bond acceptors (Lipinski definition) is 4. The van der Waals surface area contributed by atoms with E-state index < -0.39 is 10.0 Å². The van der Waals surface area contributed by atoms with Crippen LogP contribution in [0.5, 0.6) is 0 Å². The highest BCUT2D eigenvalue weighted by Gasteiger charge is 2.29. The quantitative estimate of drug-likeness (QED) is 0.537. The number of nitrogens with zero attached hydrogens (tertiary/aromatic N) is 3. The second-order valence-corrected chi connectivity index (χ2v) is 10.7. The van der Waals surface area contributed by atoms with E-state index in [1.165, 1.54) is 15.9 Å². The van der Waals surface area contributed by atoms with Crippen molar-refractivity contribution in [2.75, 3.05) is 38.1 Å². The topological polar surface area (TPSA) is 60.9 Å². The SMILES string of the molecule is Cc1cccc(N(C)C(=O)c2cccc(S(=O)(=O)N3CCN(Cc4ccccc4)CC3)c2)c1C. The highest BCUT2D eigenvalue weighted by Crippen LogP contribution is 2.25. The van der Waals surface area contributed by atoms with Crippen molar-refractivity contribution < 1.29 is 13.2 Å². The average molecular weight is 478 g/mol. The molecule has 34 heavy (non-hydrogen) atoms. The van der Waals surface area contributed by atoms with Crippen LogP contribution < -0.4 is 4.90 Å². The van der Waals surface area contributed by atoms with Crippen LogP contribution in [-0.4, -0.2) is 56.8 Å². The molecule has 0 unspecified atom stereocenters. The molecule has 178 valence electrons. The Morgan fingerprint density at radius 3 is 2.26 bits per heavy atom. The molecule has 1 amide bonds. The van der Waals surface area contributed by atoms with Crippen molar-refractivity contribution >= 4 is 21.6 Å². The van der Waals surface area contributed by atoms with Crippen molar-refractivity contribution in [3.63, 3.8) is 0 Å². The predicted molar refractivity (Wildman–Crippen MR) is 136 cm³/mol. The number of hydrogen-bond donors (Lipinski definition) is 0. The molecule has 0 atom stereocenters. The number of aryl methyl sites for hydroxylation is 1. The van der Waals surface area contributed by atoms with E-state index in [2.05, 4.69) is 17.0 Å². The van der Waals surface area contributed by atoms with E-state index in [0.29, 0.717) is 31.7 Å². The molecule has 4 rings (SSSR count). The van der Waals surface area contributed by atoms with E-state index in [9.17, 15) is 13.2 Å². The lowest BCUT2D eigenvalue weighted by atomic mass is 10.1.